The molecule has 8 nitrogen and oxygen atoms in total. The molecule has 1 saturated heterocycles. The number of rotatable bonds is 7. The fourth-order valence-electron chi connectivity index (χ4n) is 4.57. The molecule has 0 aliphatic carbocycles. The molecule has 1 atom stereocenters. The highest BCUT2D eigenvalue weighted by molar-refractivity contribution is 6.00. The standard InChI is InChI=1S/C27H33N3O5/c1-20-27(33)30(23-6-3-4-7-24(23)35-20)17-14-26(32)29-16-5-15-28(18-19-29)25(31)13-10-21-8-11-22(34-2)12-9-21/h3-4,6-9,11-12,20H,5,10,13-19H2,1-2H3/t20-/m1/s1. The van der Waals surface area contributed by atoms with Crippen molar-refractivity contribution in [3.05, 3.63) is 54.1 Å². The van der Waals surface area contributed by atoms with Gasteiger partial charge in [-0.15, -0.1) is 0 Å². The van der Waals surface area contributed by atoms with Crippen molar-refractivity contribution in [2.75, 3.05) is 44.7 Å². The number of aryl methyl sites for hydroxylation is 1. The molecular weight excluding hydrogens is 446 g/mol. The highest BCUT2D eigenvalue weighted by atomic mass is 16.5. The number of methoxy groups -OCH3 is 1. The largest absolute Gasteiger partial charge is 0.497 e. The Kier molecular flexibility index (Phi) is 7.90. The molecule has 0 radical (unpaired) electrons. The van der Waals surface area contributed by atoms with E-state index < -0.39 is 6.10 Å². The molecule has 2 heterocycles. The van der Waals surface area contributed by atoms with Gasteiger partial charge in [-0.2, -0.15) is 0 Å². The van der Waals surface area contributed by atoms with Crippen LogP contribution in [-0.2, 0) is 20.8 Å². The summed E-state index contributed by atoms with van der Waals surface area (Å²) in [5.74, 6) is 1.43. The van der Waals surface area contributed by atoms with Gasteiger partial charge < -0.3 is 24.2 Å². The van der Waals surface area contributed by atoms with Crippen molar-refractivity contribution in [1.29, 1.82) is 0 Å². The lowest BCUT2D eigenvalue weighted by Crippen LogP contribution is -2.46. The van der Waals surface area contributed by atoms with E-state index in [0.717, 1.165) is 17.7 Å². The number of ether oxygens (including phenoxy) is 2. The topological polar surface area (TPSA) is 79.4 Å². The molecule has 186 valence electrons. The van der Waals surface area contributed by atoms with Gasteiger partial charge in [-0.3, -0.25) is 14.4 Å². The summed E-state index contributed by atoms with van der Waals surface area (Å²) in [5.41, 5.74) is 1.80. The number of hydrogen-bond donors (Lipinski definition) is 0. The van der Waals surface area contributed by atoms with Gasteiger partial charge in [0.15, 0.2) is 6.10 Å². The Bertz CT molecular complexity index is 1060. The van der Waals surface area contributed by atoms with Crippen molar-refractivity contribution in [3.63, 3.8) is 0 Å². The molecule has 0 spiro atoms. The maximum Gasteiger partial charge on any atom is 0.267 e. The fourth-order valence-corrected chi connectivity index (χ4v) is 4.57. The van der Waals surface area contributed by atoms with Crippen LogP contribution in [0, 0.1) is 0 Å². The first-order valence-corrected chi connectivity index (χ1v) is 12.2. The molecule has 2 aromatic carbocycles. The number of para-hydroxylation sites is 2. The summed E-state index contributed by atoms with van der Waals surface area (Å²) < 4.78 is 10.9. The maximum absolute atomic E-state index is 13.0. The number of carbonyl (C=O) groups is 3. The van der Waals surface area contributed by atoms with Crippen molar-refractivity contribution in [2.45, 2.75) is 38.7 Å². The predicted octanol–water partition coefficient (Wildman–Crippen LogP) is 2.89. The molecule has 2 aliphatic rings. The van der Waals surface area contributed by atoms with Gasteiger partial charge >= 0.3 is 0 Å². The number of fused-ring (bicyclic) bond motifs is 1. The summed E-state index contributed by atoms with van der Waals surface area (Å²) in [7, 11) is 1.63. The average Bonchev–Trinajstić information content (AvgIpc) is 3.14. The second-order valence-electron chi connectivity index (χ2n) is 8.93. The van der Waals surface area contributed by atoms with Crippen LogP contribution in [0.25, 0.3) is 0 Å². The lowest BCUT2D eigenvalue weighted by molar-refractivity contribution is -0.133. The number of benzene rings is 2. The van der Waals surface area contributed by atoms with Crippen molar-refractivity contribution in [2.24, 2.45) is 0 Å². The first-order valence-electron chi connectivity index (χ1n) is 12.2. The Morgan fingerprint density at radius 2 is 1.60 bits per heavy atom. The Balaban J connectivity index is 1.27. The number of carbonyl (C=O) groups excluding carboxylic acids is 3. The van der Waals surface area contributed by atoms with E-state index in [2.05, 4.69) is 0 Å². The Labute approximate surface area is 206 Å². The molecule has 0 bridgehead atoms. The zero-order chi connectivity index (χ0) is 24.8. The van der Waals surface area contributed by atoms with E-state index in [4.69, 9.17) is 9.47 Å². The molecule has 1 fully saturated rings. The maximum atomic E-state index is 13.0. The summed E-state index contributed by atoms with van der Waals surface area (Å²) in [4.78, 5) is 43.8. The lowest BCUT2D eigenvalue weighted by Gasteiger charge is -2.33. The summed E-state index contributed by atoms with van der Waals surface area (Å²) in [6.07, 6.45) is 1.52. The highest BCUT2D eigenvalue weighted by Gasteiger charge is 2.32. The summed E-state index contributed by atoms with van der Waals surface area (Å²) in [6.45, 7) is 4.34. The summed E-state index contributed by atoms with van der Waals surface area (Å²) in [5, 5.41) is 0. The minimum Gasteiger partial charge on any atom is -0.497 e. The van der Waals surface area contributed by atoms with Crippen LogP contribution in [0.3, 0.4) is 0 Å². The number of anilines is 1. The van der Waals surface area contributed by atoms with Gasteiger partial charge in [0.1, 0.15) is 11.5 Å². The fraction of sp³-hybridized carbons (Fsp3) is 0.444. The van der Waals surface area contributed by atoms with E-state index in [1.165, 1.54) is 0 Å². The molecule has 3 amide bonds. The van der Waals surface area contributed by atoms with Gasteiger partial charge in [-0.05, 0) is 49.6 Å². The van der Waals surface area contributed by atoms with Crippen molar-refractivity contribution in [3.8, 4) is 11.5 Å². The molecule has 4 rings (SSSR count). The summed E-state index contributed by atoms with van der Waals surface area (Å²) in [6, 6.07) is 15.2. The average molecular weight is 480 g/mol. The molecule has 35 heavy (non-hydrogen) atoms. The van der Waals surface area contributed by atoms with E-state index in [9.17, 15) is 14.4 Å². The second kappa shape index (κ2) is 11.3. The minimum atomic E-state index is -0.573. The summed E-state index contributed by atoms with van der Waals surface area (Å²) >= 11 is 0. The Morgan fingerprint density at radius 3 is 2.29 bits per heavy atom. The molecule has 0 aromatic heterocycles. The van der Waals surface area contributed by atoms with E-state index >= 15 is 0 Å². The molecule has 0 unspecified atom stereocenters. The van der Waals surface area contributed by atoms with Gasteiger partial charge in [0, 0.05) is 45.6 Å². The van der Waals surface area contributed by atoms with Crippen LogP contribution >= 0.6 is 0 Å². The van der Waals surface area contributed by atoms with Gasteiger partial charge in [0.2, 0.25) is 11.8 Å². The smallest absolute Gasteiger partial charge is 0.267 e. The third-order valence-electron chi connectivity index (χ3n) is 6.61. The van der Waals surface area contributed by atoms with Crippen LogP contribution < -0.4 is 14.4 Å². The SMILES string of the molecule is COc1ccc(CCC(=O)N2CCCN(C(=O)CCN3C(=O)[C@@H](C)Oc4ccccc43)CC2)cc1. The highest BCUT2D eigenvalue weighted by Crippen LogP contribution is 2.33. The van der Waals surface area contributed by atoms with Crippen molar-refractivity contribution < 1.29 is 23.9 Å². The van der Waals surface area contributed by atoms with Gasteiger partial charge in [0.05, 0.1) is 12.8 Å². The molecular formula is C27H33N3O5. The molecule has 2 aliphatic heterocycles. The van der Waals surface area contributed by atoms with Gasteiger partial charge in [0.25, 0.3) is 5.91 Å². The van der Waals surface area contributed by atoms with E-state index in [-0.39, 0.29) is 24.1 Å². The van der Waals surface area contributed by atoms with Gasteiger partial charge in [-0.1, -0.05) is 24.3 Å². The second-order valence-corrected chi connectivity index (χ2v) is 8.93. The quantitative estimate of drug-likeness (QED) is 0.610. The first kappa shape index (κ1) is 24.6. The monoisotopic (exact) mass is 479 g/mol. The van der Waals surface area contributed by atoms with Crippen LogP contribution in [0.5, 0.6) is 11.5 Å². The van der Waals surface area contributed by atoms with Crippen LogP contribution in [0.4, 0.5) is 5.69 Å². The third-order valence-corrected chi connectivity index (χ3v) is 6.61. The zero-order valence-electron chi connectivity index (χ0n) is 20.4. The van der Waals surface area contributed by atoms with Crippen LogP contribution in [0.15, 0.2) is 48.5 Å². The minimum absolute atomic E-state index is 0.00181. The molecule has 8 heteroatoms. The normalized spacial score (nSPS) is 17.9. The van der Waals surface area contributed by atoms with E-state index in [0.29, 0.717) is 57.0 Å². The van der Waals surface area contributed by atoms with Gasteiger partial charge in [-0.25, -0.2) is 0 Å². The van der Waals surface area contributed by atoms with E-state index in [1.807, 2.05) is 58.3 Å². The Hall–Kier alpha value is -3.55. The van der Waals surface area contributed by atoms with Crippen LogP contribution in [0.1, 0.15) is 31.7 Å². The molecule has 2 aromatic rings. The number of hydrogen-bond acceptors (Lipinski definition) is 5. The zero-order valence-corrected chi connectivity index (χ0v) is 20.4. The molecule has 0 N–H and O–H groups in total. The first-order chi connectivity index (χ1) is 17.0. The van der Waals surface area contributed by atoms with Crippen LogP contribution in [0.2, 0.25) is 0 Å². The van der Waals surface area contributed by atoms with Crippen LogP contribution in [-0.4, -0.2) is 73.5 Å². The number of nitrogens with zero attached hydrogens (tertiary/aromatic N) is 3. The lowest BCUT2D eigenvalue weighted by atomic mass is 10.1. The van der Waals surface area contributed by atoms with E-state index in [1.54, 1.807) is 18.9 Å². The third kappa shape index (κ3) is 5.93. The predicted molar refractivity (Wildman–Crippen MR) is 133 cm³/mol. The molecule has 0 saturated carbocycles. The van der Waals surface area contributed by atoms with Crippen molar-refractivity contribution >= 4 is 23.4 Å². The Morgan fingerprint density at radius 1 is 0.943 bits per heavy atom. The number of amides is 3. The van der Waals surface area contributed by atoms with Crippen molar-refractivity contribution in [1.82, 2.24) is 9.80 Å².